The molecule has 9 heteroatoms. The van der Waals surface area contributed by atoms with Crippen molar-refractivity contribution in [2.24, 2.45) is 5.73 Å². The van der Waals surface area contributed by atoms with Crippen LogP contribution in [0.3, 0.4) is 0 Å². The number of nitro groups is 1. The SMILES string of the molecule is Cc1cc([N+](=O)[O-])ccc1S(=O)(=O)N1CC[C@H](N)C1.Cl. The number of sulfonamides is 1. The van der Waals surface area contributed by atoms with Gasteiger partial charge in [0.25, 0.3) is 5.69 Å². The van der Waals surface area contributed by atoms with Gasteiger partial charge in [0.15, 0.2) is 0 Å². The number of benzene rings is 1. The molecule has 0 radical (unpaired) electrons. The van der Waals surface area contributed by atoms with Crippen LogP contribution in [0.4, 0.5) is 5.69 Å². The average molecular weight is 322 g/mol. The molecule has 2 N–H and O–H groups in total. The molecule has 2 rings (SSSR count). The van der Waals surface area contributed by atoms with Crippen LogP contribution in [0.2, 0.25) is 0 Å². The third kappa shape index (κ3) is 3.09. The van der Waals surface area contributed by atoms with Gasteiger partial charge in [0.1, 0.15) is 0 Å². The highest BCUT2D eigenvalue weighted by atomic mass is 35.5. The Morgan fingerprint density at radius 3 is 2.55 bits per heavy atom. The fourth-order valence-corrected chi connectivity index (χ4v) is 3.87. The zero-order valence-electron chi connectivity index (χ0n) is 10.9. The summed E-state index contributed by atoms with van der Waals surface area (Å²) in [5.41, 5.74) is 5.96. The highest BCUT2D eigenvalue weighted by Crippen LogP contribution is 2.26. The number of hydrogen-bond donors (Lipinski definition) is 1. The number of aryl methyl sites for hydroxylation is 1. The molecule has 1 aromatic rings. The van der Waals surface area contributed by atoms with E-state index in [0.717, 1.165) is 0 Å². The molecule has 0 aliphatic carbocycles. The summed E-state index contributed by atoms with van der Waals surface area (Å²) in [6.07, 6.45) is 0.630. The molecule has 1 atom stereocenters. The van der Waals surface area contributed by atoms with Crippen molar-refractivity contribution in [2.75, 3.05) is 13.1 Å². The minimum atomic E-state index is -3.61. The zero-order chi connectivity index (χ0) is 14.2. The standard InChI is InChI=1S/C11H15N3O4S.ClH/c1-8-6-10(14(15)16)2-3-11(8)19(17,18)13-5-4-9(12)7-13;/h2-3,6,9H,4-5,7,12H2,1H3;1H/t9-;/m0./s1. The molecule has 7 nitrogen and oxygen atoms in total. The van der Waals surface area contributed by atoms with Gasteiger partial charge in [0.2, 0.25) is 10.0 Å². The minimum absolute atomic E-state index is 0. The number of rotatable bonds is 3. The molecule has 0 aromatic heterocycles. The molecule has 1 fully saturated rings. The molecule has 0 unspecified atom stereocenters. The Bertz CT molecular complexity index is 620. The van der Waals surface area contributed by atoms with E-state index in [0.29, 0.717) is 25.1 Å². The highest BCUT2D eigenvalue weighted by molar-refractivity contribution is 7.89. The van der Waals surface area contributed by atoms with Crippen molar-refractivity contribution < 1.29 is 13.3 Å². The van der Waals surface area contributed by atoms with E-state index in [2.05, 4.69) is 0 Å². The van der Waals surface area contributed by atoms with Crippen LogP contribution in [0, 0.1) is 17.0 Å². The molecule has 0 saturated carbocycles. The van der Waals surface area contributed by atoms with Crippen LogP contribution in [-0.4, -0.2) is 36.8 Å². The third-order valence-corrected chi connectivity index (χ3v) is 5.20. The van der Waals surface area contributed by atoms with Crippen LogP contribution in [-0.2, 0) is 10.0 Å². The van der Waals surface area contributed by atoms with Crippen molar-refractivity contribution in [1.29, 1.82) is 0 Å². The van der Waals surface area contributed by atoms with Crippen LogP contribution in [0.15, 0.2) is 23.1 Å². The number of halogens is 1. The Hall–Kier alpha value is -1.22. The van der Waals surface area contributed by atoms with E-state index in [1.807, 2.05) is 0 Å². The number of nitro benzene ring substituents is 1. The lowest BCUT2D eigenvalue weighted by atomic mass is 10.2. The molecule has 1 heterocycles. The largest absolute Gasteiger partial charge is 0.326 e. The van der Waals surface area contributed by atoms with E-state index < -0.39 is 14.9 Å². The summed E-state index contributed by atoms with van der Waals surface area (Å²) in [5, 5.41) is 10.6. The average Bonchev–Trinajstić information content (AvgIpc) is 2.76. The Balaban J connectivity index is 0.00000200. The lowest BCUT2D eigenvalue weighted by molar-refractivity contribution is -0.385. The summed E-state index contributed by atoms with van der Waals surface area (Å²) < 4.78 is 26.1. The minimum Gasteiger partial charge on any atom is -0.326 e. The molecule has 1 aliphatic heterocycles. The van der Waals surface area contributed by atoms with Gasteiger partial charge in [-0.2, -0.15) is 4.31 Å². The van der Waals surface area contributed by atoms with Gasteiger partial charge < -0.3 is 5.73 Å². The zero-order valence-corrected chi connectivity index (χ0v) is 12.5. The molecule has 1 saturated heterocycles. The molecule has 112 valence electrons. The monoisotopic (exact) mass is 321 g/mol. The van der Waals surface area contributed by atoms with Crippen LogP contribution in [0.5, 0.6) is 0 Å². The van der Waals surface area contributed by atoms with Crippen molar-refractivity contribution >= 4 is 28.1 Å². The first-order valence-electron chi connectivity index (χ1n) is 5.83. The van der Waals surface area contributed by atoms with Crippen molar-refractivity contribution in [3.05, 3.63) is 33.9 Å². The summed E-state index contributed by atoms with van der Waals surface area (Å²) in [5.74, 6) is 0. The highest BCUT2D eigenvalue weighted by Gasteiger charge is 2.32. The van der Waals surface area contributed by atoms with Gasteiger partial charge in [-0.15, -0.1) is 12.4 Å². The smallest absolute Gasteiger partial charge is 0.269 e. The van der Waals surface area contributed by atoms with Gasteiger partial charge in [-0.25, -0.2) is 8.42 Å². The lowest BCUT2D eigenvalue weighted by Gasteiger charge is -2.17. The first-order chi connectivity index (χ1) is 8.82. The quantitative estimate of drug-likeness (QED) is 0.661. The number of nitrogens with two attached hydrogens (primary N) is 1. The van der Waals surface area contributed by atoms with Gasteiger partial charge >= 0.3 is 0 Å². The number of non-ortho nitro benzene ring substituents is 1. The van der Waals surface area contributed by atoms with Crippen LogP contribution in [0.25, 0.3) is 0 Å². The molecule has 1 aromatic carbocycles. The van der Waals surface area contributed by atoms with E-state index in [9.17, 15) is 18.5 Å². The maximum absolute atomic E-state index is 12.4. The van der Waals surface area contributed by atoms with Crippen molar-refractivity contribution in [3.8, 4) is 0 Å². The van der Waals surface area contributed by atoms with E-state index >= 15 is 0 Å². The second kappa shape index (κ2) is 6.04. The maximum atomic E-state index is 12.4. The summed E-state index contributed by atoms with van der Waals surface area (Å²) in [4.78, 5) is 10.2. The second-order valence-electron chi connectivity index (χ2n) is 4.62. The normalized spacial score (nSPS) is 19.6. The third-order valence-electron chi connectivity index (χ3n) is 3.17. The van der Waals surface area contributed by atoms with E-state index in [1.165, 1.54) is 22.5 Å². The van der Waals surface area contributed by atoms with Gasteiger partial charge in [0, 0.05) is 31.3 Å². The predicted molar refractivity (Wildman–Crippen MR) is 76.4 cm³/mol. The van der Waals surface area contributed by atoms with Crippen LogP contribution < -0.4 is 5.73 Å². The Kier molecular flexibility index (Phi) is 5.09. The predicted octanol–water partition coefficient (Wildman–Crippen LogP) is 1.05. The van der Waals surface area contributed by atoms with Gasteiger partial charge in [-0.05, 0) is 25.0 Å². The van der Waals surface area contributed by atoms with E-state index in [4.69, 9.17) is 5.73 Å². The fraction of sp³-hybridized carbons (Fsp3) is 0.455. The summed E-state index contributed by atoms with van der Waals surface area (Å²) in [6.45, 7) is 2.23. The van der Waals surface area contributed by atoms with Crippen molar-refractivity contribution in [3.63, 3.8) is 0 Å². The molecular weight excluding hydrogens is 306 g/mol. The molecule has 0 bridgehead atoms. The van der Waals surface area contributed by atoms with Crippen molar-refractivity contribution in [1.82, 2.24) is 4.31 Å². The number of hydrogen-bond acceptors (Lipinski definition) is 5. The van der Waals surface area contributed by atoms with Crippen LogP contribution >= 0.6 is 12.4 Å². The Morgan fingerprint density at radius 2 is 2.10 bits per heavy atom. The summed E-state index contributed by atoms with van der Waals surface area (Å²) >= 11 is 0. The Morgan fingerprint density at radius 1 is 1.45 bits per heavy atom. The molecular formula is C11H16ClN3O4S. The first-order valence-corrected chi connectivity index (χ1v) is 7.27. The second-order valence-corrected chi connectivity index (χ2v) is 6.53. The Labute approximate surface area is 123 Å². The number of nitrogens with zero attached hydrogens (tertiary/aromatic N) is 2. The lowest BCUT2D eigenvalue weighted by Crippen LogP contribution is -2.32. The molecule has 20 heavy (non-hydrogen) atoms. The topological polar surface area (TPSA) is 107 Å². The van der Waals surface area contributed by atoms with Gasteiger partial charge in [-0.3, -0.25) is 10.1 Å². The molecule has 0 amide bonds. The van der Waals surface area contributed by atoms with Gasteiger partial charge in [-0.1, -0.05) is 0 Å². The van der Waals surface area contributed by atoms with Crippen molar-refractivity contribution in [2.45, 2.75) is 24.3 Å². The van der Waals surface area contributed by atoms with Crippen LogP contribution in [0.1, 0.15) is 12.0 Å². The van der Waals surface area contributed by atoms with Gasteiger partial charge in [0.05, 0.1) is 9.82 Å². The first kappa shape index (κ1) is 16.8. The molecule has 0 spiro atoms. The summed E-state index contributed by atoms with van der Waals surface area (Å²) in [7, 11) is -3.61. The summed E-state index contributed by atoms with van der Waals surface area (Å²) in [6, 6.07) is 3.61. The van der Waals surface area contributed by atoms with E-state index in [-0.39, 0.29) is 29.0 Å². The molecule has 1 aliphatic rings. The maximum Gasteiger partial charge on any atom is 0.269 e. The van der Waals surface area contributed by atoms with E-state index in [1.54, 1.807) is 6.92 Å². The fourth-order valence-electron chi connectivity index (χ4n) is 2.15.